The highest BCUT2D eigenvalue weighted by atomic mass is 16.3. The van der Waals surface area contributed by atoms with Gasteiger partial charge in [-0.15, -0.1) is 0 Å². The number of Topliss-reactive ketones (excluding diaryl/α,β-unsaturated/α-hetero) is 2. The SMILES string of the molecule is CC(CO)CC(=O)C(NC(=O)C(CO)CC(=O)C(NC(=O)C(N)CO)C(C)O)C(C)O. The number of aliphatic hydroxyl groups is 5. The van der Waals surface area contributed by atoms with Crippen LogP contribution in [-0.4, -0.2) is 99.1 Å². The van der Waals surface area contributed by atoms with E-state index in [2.05, 4.69) is 10.6 Å². The van der Waals surface area contributed by atoms with Crippen molar-refractivity contribution in [2.24, 2.45) is 17.6 Å². The van der Waals surface area contributed by atoms with Crippen molar-refractivity contribution < 1.29 is 44.7 Å². The summed E-state index contributed by atoms with van der Waals surface area (Å²) >= 11 is 0. The van der Waals surface area contributed by atoms with Crippen LogP contribution >= 0.6 is 0 Å². The van der Waals surface area contributed by atoms with Gasteiger partial charge in [-0.05, 0) is 19.8 Å². The molecule has 0 aliphatic heterocycles. The fraction of sp³-hybridized carbons (Fsp3) is 0.789. The van der Waals surface area contributed by atoms with Gasteiger partial charge >= 0.3 is 0 Å². The number of aliphatic hydroxyl groups excluding tert-OH is 5. The van der Waals surface area contributed by atoms with E-state index in [-0.39, 0.29) is 18.9 Å². The van der Waals surface area contributed by atoms with Crippen LogP contribution in [0.25, 0.3) is 0 Å². The van der Waals surface area contributed by atoms with E-state index < -0.39 is 79.3 Å². The van der Waals surface area contributed by atoms with Crippen LogP contribution in [0.1, 0.15) is 33.6 Å². The van der Waals surface area contributed by atoms with Crippen molar-refractivity contribution >= 4 is 23.4 Å². The van der Waals surface area contributed by atoms with Gasteiger partial charge in [0.05, 0.1) is 31.3 Å². The zero-order chi connectivity index (χ0) is 24.3. The lowest BCUT2D eigenvalue weighted by molar-refractivity contribution is -0.137. The third-order valence-electron chi connectivity index (χ3n) is 4.69. The van der Waals surface area contributed by atoms with E-state index in [4.69, 9.17) is 15.9 Å². The average Bonchev–Trinajstić information content (AvgIpc) is 2.71. The summed E-state index contributed by atoms with van der Waals surface area (Å²) in [5, 5.41) is 51.7. The number of nitrogens with one attached hydrogen (secondary N) is 2. The van der Waals surface area contributed by atoms with Gasteiger partial charge in [-0.1, -0.05) is 6.92 Å². The van der Waals surface area contributed by atoms with Gasteiger partial charge in [0, 0.05) is 19.4 Å². The zero-order valence-electron chi connectivity index (χ0n) is 18.0. The molecule has 0 rings (SSSR count). The Labute approximate surface area is 180 Å². The van der Waals surface area contributed by atoms with Crippen molar-refractivity contribution in [1.29, 1.82) is 0 Å². The highest BCUT2D eigenvalue weighted by Crippen LogP contribution is 2.12. The van der Waals surface area contributed by atoms with Crippen LogP contribution < -0.4 is 16.4 Å². The first-order chi connectivity index (χ1) is 14.4. The standard InChI is InChI=1S/C19H35N3O9/c1-9(6-23)4-14(28)16(10(2)26)21-18(30)12(7-24)5-15(29)17(11(3)27)22-19(31)13(20)8-25/h9-13,16-17,23-27H,4-8,20H2,1-3H3,(H,21,30)(H,22,31). The topological polar surface area (TPSA) is 220 Å². The van der Waals surface area contributed by atoms with E-state index in [1.807, 2.05) is 0 Å². The second-order valence-corrected chi connectivity index (χ2v) is 7.75. The minimum atomic E-state index is -1.44. The zero-order valence-corrected chi connectivity index (χ0v) is 18.0. The highest BCUT2D eigenvalue weighted by Gasteiger charge is 2.33. The van der Waals surface area contributed by atoms with Gasteiger partial charge in [-0.25, -0.2) is 0 Å². The molecule has 0 saturated heterocycles. The molecule has 180 valence electrons. The minimum absolute atomic E-state index is 0.101. The molecule has 0 aromatic carbocycles. The van der Waals surface area contributed by atoms with E-state index in [1.165, 1.54) is 13.8 Å². The van der Waals surface area contributed by atoms with E-state index in [0.29, 0.717) is 0 Å². The maximum Gasteiger partial charge on any atom is 0.239 e. The van der Waals surface area contributed by atoms with Gasteiger partial charge in [0.25, 0.3) is 0 Å². The quantitative estimate of drug-likeness (QED) is 0.122. The molecule has 7 unspecified atom stereocenters. The largest absolute Gasteiger partial charge is 0.396 e. The third-order valence-corrected chi connectivity index (χ3v) is 4.69. The summed E-state index contributed by atoms with van der Waals surface area (Å²) in [6.45, 7) is 2.41. The molecule has 31 heavy (non-hydrogen) atoms. The Hall–Kier alpha value is -1.96. The molecule has 0 spiro atoms. The number of ketones is 2. The second-order valence-electron chi connectivity index (χ2n) is 7.75. The molecule has 0 bridgehead atoms. The smallest absolute Gasteiger partial charge is 0.239 e. The summed E-state index contributed by atoms with van der Waals surface area (Å²) < 4.78 is 0. The average molecular weight is 450 g/mol. The van der Waals surface area contributed by atoms with Crippen LogP contribution in [0.2, 0.25) is 0 Å². The lowest BCUT2D eigenvalue weighted by atomic mass is 9.94. The minimum Gasteiger partial charge on any atom is -0.396 e. The van der Waals surface area contributed by atoms with E-state index in [0.717, 1.165) is 0 Å². The Morgan fingerprint density at radius 2 is 1.19 bits per heavy atom. The Morgan fingerprint density at radius 1 is 0.742 bits per heavy atom. The van der Waals surface area contributed by atoms with Crippen molar-refractivity contribution in [3.63, 3.8) is 0 Å². The number of nitrogens with two attached hydrogens (primary N) is 1. The summed E-state index contributed by atoms with van der Waals surface area (Å²) in [6.07, 6.45) is -3.30. The summed E-state index contributed by atoms with van der Waals surface area (Å²) in [5.74, 6) is -4.78. The summed E-state index contributed by atoms with van der Waals surface area (Å²) in [7, 11) is 0. The Bertz CT molecular complexity index is 612. The van der Waals surface area contributed by atoms with Crippen LogP contribution in [0, 0.1) is 11.8 Å². The molecule has 0 fully saturated rings. The Morgan fingerprint density at radius 3 is 1.58 bits per heavy atom. The molecule has 9 N–H and O–H groups in total. The maximum atomic E-state index is 12.5. The summed E-state index contributed by atoms with van der Waals surface area (Å²) in [5.41, 5.74) is 5.37. The molecule has 2 amide bonds. The number of hydrogen-bond acceptors (Lipinski definition) is 10. The molecule has 0 aromatic heterocycles. The first kappa shape index (κ1) is 29.0. The third kappa shape index (κ3) is 9.80. The number of rotatable bonds is 15. The molecule has 0 radical (unpaired) electrons. The van der Waals surface area contributed by atoms with Crippen molar-refractivity contribution in [3.8, 4) is 0 Å². The van der Waals surface area contributed by atoms with E-state index >= 15 is 0 Å². The van der Waals surface area contributed by atoms with Crippen molar-refractivity contribution in [2.75, 3.05) is 19.8 Å². The number of carbonyl (C=O) groups is 4. The van der Waals surface area contributed by atoms with Gasteiger partial charge in [0.2, 0.25) is 11.8 Å². The Balaban J connectivity index is 5.25. The summed E-state index contributed by atoms with van der Waals surface area (Å²) in [6, 6.07) is -4.06. The van der Waals surface area contributed by atoms with Gasteiger partial charge in [-0.3, -0.25) is 19.2 Å². The first-order valence-corrected chi connectivity index (χ1v) is 9.99. The molecule has 0 aromatic rings. The molecule has 0 heterocycles. The fourth-order valence-electron chi connectivity index (χ4n) is 2.70. The molecule has 0 saturated carbocycles. The molecular formula is C19H35N3O9. The van der Waals surface area contributed by atoms with Gasteiger partial charge in [0.15, 0.2) is 11.6 Å². The van der Waals surface area contributed by atoms with E-state index in [9.17, 15) is 34.5 Å². The van der Waals surface area contributed by atoms with Gasteiger partial charge in [-0.2, -0.15) is 0 Å². The predicted octanol–water partition coefficient (Wildman–Crippen LogP) is -3.81. The molecule has 12 nitrogen and oxygen atoms in total. The molecule has 0 aliphatic rings. The molecule has 7 atom stereocenters. The monoisotopic (exact) mass is 449 g/mol. The Kier molecular flexibility index (Phi) is 13.3. The normalized spacial score (nSPS) is 18.1. The predicted molar refractivity (Wildman–Crippen MR) is 108 cm³/mol. The van der Waals surface area contributed by atoms with Crippen LogP contribution in [0.5, 0.6) is 0 Å². The molecule has 12 heteroatoms. The number of carbonyl (C=O) groups excluding carboxylic acids is 4. The van der Waals surface area contributed by atoms with E-state index in [1.54, 1.807) is 6.92 Å². The van der Waals surface area contributed by atoms with Crippen LogP contribution in [-0.2, 0) is 19.2 Å². The van der Waals surface area contributed by atoms with Crippen LogP contribution in [0.4, 0.5) is 0 Å². The van der Waals surface area contributed by atoms with Gasteiger partial charge in [0.1, 0.15) is 18.1 Å². The summed E-state index contributed by atoms with van der Waals surface area (Å²) in [4.78, 5) is 49.2. The number of hydrogen-bond donors (Lipinski definition) is 8. The lowest BCUT2D eigenvalue weighted by Crippen LogP contribution is -2.55. The van der Waals surface area contributed by atoms with Crippen LogP contribution in [0.15, 0.2) is 0 Å². The fourth-order valence-corrected chi connectivity index (χ4v) is 2.70. The van der Waals surface area contributed by atoms with Crippen LogP contribution in [0.3, 0.4) is 0 Å². The first-order valence-electron chi connectivity index (χ1n) is 9.99. The maximum absolute atomic E-state index is 12.5. The molecular weight excluding hydrogens is 414 g/mol. The highest BCUT2D eigenvalue weighted by molar-refractivity contribution is 5.95. The second kappa shape index (κ2) is 14.2. The van der Waals surface area contributed by atoms with Crippen molar-refractivity contribution in [2.45, 2.75) is 63.9 Å². The van der Waals surface area contributed by atoms with Gasteiger partial charge < -0.3 is 41.9 Å². The number of amides is 2. The molecule has 0 aliphatic carbocycles. The van der Waals surface area contributed by atoms with Crippen molar-refractivity contribution in [1.82, 2.24) is 10.6 Å². The van der Waals surface area contributed by atoms with Crippen molar-refractivity contribution in [3.05, 3.63) is 0 Å². The lowest BCUT2D eigenvalue weighted by Gasteiger charge is -2.26.